The fourth-order valence-corrected chi connectivity index (χ4v) is 1.73. The number of hydrogen-bond donors (Lipinski definition) is 1. The number of methoxy groups -OCH3 is 1. The summed E-state index contributed by atoms with van der Waals surface area (Å²) < 4.78 is 10.6. The smallest absolute Gasteiger partial charge is 0.0988 e. The van der Waals surface area contributed by atoms with Crippen molar-refractivity contribution in [2.75, 3.05) is 20.3 Å². The van der Waals surface area contributed by atoms with Gasteiger partial charge >= 0.3 is 0 Å². The van der Waals surface area contributed by atoms with Crippen LogP contribution in [0.5, 0.6) is 0 Å². The van der Waals surface area contributed by atoms with E-state index in [1.165, 1.54) is 0 Å². The summed E-state index contributed by atoms with van der Waals surface area (Å²) in [7, 11) is 1.64. The standard InChI is InChI=1S/C12H18ClNO2/c1-9(14)12(16-8-7-15-2)10-5-3-4-6-11(10)13/h3-6,9,12H,7-8,14H2,1-2H3. The van der Waals surface area contributed by atoms with Gasteiger partial charge in [0.15, 0.2) is 0 Å². The molecule has 2 atom stereocenters. The Morgan fingerprint density at radius 1 is 1.31 bits per heavy atom. The zero-order chi connectivity index (χ0) is 12.0. The minimum Gasteiger partial charge on any atom is -0.382 e. The topological polar surface area (TPSA) is 44.5 Å². The highest BCUT2D eigenvalue weighted by atomic mass is 35.5. The van der Waals surface area contributed by atoms with Gasteiger partial charge in [0.1, 0.15) is 0 Å². The molecule has 0 aliphatic heterocycles. The molecule has 0 saturated heterocycles. The van der Waals surface area contributed by atoms with Crippen LogP contribution in [0.3, 0.4) is 0 Å². The highest BCUT2D eigenvalue weighted by Gasteiger charge is 2.18. The highest BCUT2D eigenvalue weighted by Crippen LogP contribution is 2.27. The molecule has 90 valence electrons. The van der Waals surface area contributed by atoms with Crippen LogP contribution in [0.15, 0.2) is 24.3 Å². The minimum atomic E-state index is -0.191. The van der Waals surface area contributed by atoms with Gasteiger partial charge in [-0.2, -0.15) is 0 Å². The molecular formula is C12H18ClNO2. The first-order valence-electron chi connectivity index (χ1n) is 5.27. The van der Waals surface area contributed by atoms with Gasteiger partial charge in [-0.3, -0.25) is 0 Å². The second kappa shape index (κ2) is 6.86. The lowest BCUT2D eigenvalue weighted by atomic mass is 10.0. The van der Waals surface area contributed by atoms with Gasteiger partial charge in [-0.1, -0.05) is 29.8 Å². The number of ether oxygens (including phenoxy) is 2. The number of halogens is 1. The van der Waals surface area contributed by atoms with Crippen molar-refractivity contribution in [2.45, 2.75) is 19.1 Å². The molecule has 16 heavy (non-hydrogen) atoms. The van der Waals surface area contributed by atoms with E-state index < -0.39 is 0 Å². The SMILES string of the molecule is COCCOC(c1ccccc1Cl)C(C)N. The molecule has 0 fully saturated rings. The molecule has 0 amide bonds. The summed E-state index contributed by atoms with van der Waals surface area (Å²) in [5, 5.41) is 0.683. The maximum Gasteiger partial charge on any atom is 0.0988 e. The quantitative estimate of drug-likeness (QED) is 0.781. The monoisotopic (exact) mass is 243 g/mol. The van der Waals surface area contributed by atoms with Crippen molar-refractivity contribution in [1.29, 1.82) is 0 Å². The first-order valence-corrected chi connectivity index (χ1v) is 5.65. The average Bonchev–Trinajstić information content (AvgIpc) is 2.25. The molecule has 2 N–H and O–H groups in total. The van der Waals surface area contributed by atoms with Crippen LogP contribution >= 0.6 is 11.6 Å². The van der Waals surface area contributed by atoms with E-state index in [0.717, 1.165) is 5.56 Å². The number of benzene rings is 1. The van der Waals surface area contributed by atoms with Crippen LogP contribution in [0, 0.1) is 0 Å². The molecule has 0 aliphatic rings. The van der Waals surface area contributed by atoms with E-state index in [1.54, 1.807) is 7.11 Å². The van der Waals surface area contributed by atoms with E-state index in [4.69, 9.17) is 26.8 Å². The lowest BCUT2D eigenvalue weighted by Gasteiger charge is -2.22. The van der Waals surface area contributed by atoms with E-state index in [0.29, 0.717) is 18.2 Å². The lowest BCUT2D eigenvalue weighted by Crippen LogP contribution is -2.28. The molecule has 0 bridgehead atoms. The second-order valence-electron chi connectivity index (χ2n) is 3.66. The van der Waals surface area contributed by atoms with E-state index >= 15 is 0 Å². The van der Waals surface area contributed by atoms with Crippen molar-refractivity contribution in [1.82, 2.24) is 0 Å². The third-order valence-corrected chi connectivity index (χ3v) is 2.62. The fraction of sp³-hybridized carbons (Fsp3) is 0.500. The van der Waals surface area contributed by atoms with E-state index in [1.807, 2.05) is 31.2 Å². The Balaban J connectivity index is 2.74. The van der Waals surface area contributed by atoms with Crippen LogP contribution < -0.4 is 5.73 Å². The van der Waals surface area contributed by atoms with Gasteiger partial charge in [0.05, 0.1) is 19.3 Å². The van der Waals surface area contributed by atoms with Gasteiger partial charge in [0, 0.05) is 23.7 Å². The molecule has 0 spiro atoms. The van der Waals surface area contributed by atoms with Crippen LogP contribution in [-0.4, -0.2) is 26.4 Å². The van der Waals surface area contributed by atoms with Crippen molar-refractivity contribution in [3.8, 4) is 0 Å². The van der Waals surface area contributed by atoms with Gasteiger partial charge < -0.3 is 15.2 Å². The second-order valence-corrected chi connectivity index (χ2v) is 4.07. The van der Waals surface area contributed by atoms with Crippen molar-refractivity contribution >= 4 is 11.6 Å². The lowest BCUT2D eigenvalue weighted by molar-refractivity contribution is 0.00623. The molecule has 1 aromatic rings. The largest absolute Gasteiger partial charge is 0.382 e. The molecule has 1 rings (SSSR count). The summed E-state index contributed by atoms with van der Waals surface area (Å²) in [6.07, 6.45) is -0.191. The normalized spacial score (nSPS) is 14.8. The predicted octanol–water partition coefficient (Wildman–Crippen LogP) is 2.39. The van der Waals surface area contributed by atoms with Crippen LogP contribution in [0.4, 0.5) is 0 Å². The van der Waals surface area contributed by atoms with E-state index in [9.17, 15) is 0 Å². The van der Waals surface area contributed by atoms with Gasteiger partial charge in [0.2, 0.25) is 0 Å². The van der Waals surface area contributed by atoms with Gasteiger partial charge in [0.25, 0.3) is 0 Å². The molecular weight excluding hydrogens is 226 g/mol. The van der Waals surface area contributed by atoms with Crippen LogP contribution in [-0.2, 0) is 9.47 Å². The van der Waals surface area contributed by atoms with Crippen molar-refractivity contribution in [3.05, 3.63) is 34.9 Å². The molecule has 0 saturated carbocycles. The molecule has 1 aromatic carbocycles. The summed E-state index contributed by atoms with van der Waals surface area (Å²) >= 11 is 6.11. The minimum absolute atomic E-state index is 0.114. The van der Waals surface area contributed by atoms with Gasteiger partial charge in [-0.25, -0.2) is 0 Å². The predicted molar refractivity (Wildman–Crippen MR) is 65.7 cm³/mol. The van der Waals surface area contributed by atoms with Gasteiger partial charge in [-0.15, -0.1) is 0 Å². The zero-order valence-corrected chi connectivity index (χ0v) is 10.4. The molecule has 0 aliphatic carbocycles. The number of rotatable bonds is 6. The molecule has 0 aromatic heterocycles. The molecule has 0 heterocycles. The van der Waals surface area contributed by atoms with Crippen LogP contribution in [0.25, 0.3) is 0 Å². The molecule has 3 nitrogen and oxygen atoms in total. The molecule has 0 radical (unpaired) electrons. The van der Waals surface area contributed by atoms with E-state index in [-0.39, 0.29) is 12.1 Å². The summed E-state index contributed by atoms with van der Waals surface area (Å²) in [5.41, 5.74) is 6.82. The van der Waals surface area contributed by atoms with Crippen molar-refractivity contribution in [3.63, 3.8) is 0 Å². The first-order chi connectivity index (χ1) is 7.66. The van der Waals surface area contributed by atoms with Gasteiger partial charge in [-0.05, 0) is 13.0 Å². The number of nitrogens with two attached hydrogens (primary N) is 1. The van der Waals surface area contributed by atoms with Crippen LogP contribution in [0.1, 0.15) is 18.6 Å². The Kier molecular flexibility index (Phi) is 5.77. The summed E-state index contributed by atoms with van der Waals surface area (Å²) in [6, 6.07) is 7.47. The van der Waals surface area contributed by atoms with Crippen LogP contribution in [0.2, 0.25) is 5.02 Å². The van der Waals surface area contributed by atoms with E-state index in [2.05, 4.69) is 0 Å². The average molecular weight is 244 g/mol. The maximum absolute atomic E-state index is 6.11. The fourth-order valence-electron chi connectivity index (χ4n) is 1.49. The maximum atomic E-state index is 6.11. The highest BCUT2D eigenvalue weighted by molar-refractivity contribution is 6.31. The Hall–Kier alpha value is -0.610. The number of hydrogen-bond acceptors (Lipinski definition) is 3. The van der Waals surface area contributed by atoms with Crippen molar-refractivity contribution < 1.29 is 9.47 Å². The van der Waals surface area contributed by atoms with Crippen molar-refractivity contribution in [2.24, 2.45) is 5.73 Å². The zero-order valence-electron chi connectivity index (χ0n) is 9.65. The molecule has 2 unspecified atom stereocenters. The summed E-state index contributed by atoms with van der Waals surface area (Å²) in [6.45, 7) is 2.96. The summed E-state index contributed by atoms with van der Waals surface area (Å²) in [5.74, 6) is 0. The first kappa shape index (κ1) is 13.5. The Morgan fingerprint density at radius 2 is 2.00 bits per heavy atom. The Morgan fingerprint density at radius 3 is 2.56 bits per heavy atom. The summed E-state index contributed by atoms with van der Waals surface area (Å²) in [4.78, 5) is 0. The third kappa shape index (κ3) is 3.76. The Labute approximate surface area is 101 Å². The molecule has 4 heteroatoms. The third-order valence-electron chi connectivity index (χ3n) is 2.27. The Bertz CT molecular complexity index is 318.